The van der Waals surface area contributed by atoms with Gasteiger partial charge in [-0.1, -0.05) is 0 Å². The van der Waals surface area contributed by atoms with E-state index >= 15 is 0 Å². The van der Waals surface area contributed by atoms with Crippen LogP contribution in [0.5, 0.6) is 11.5 Å². The molecule has 0 saturated heterocycles. The lowest BCUT2D eigenvalue weighted by Gasteiger charge is -2.18. The fourth-order valence-electron chi connectivity index (χ4n) is 2.15. The number of carbonyl (C=O) groups is 1. The van der Waals surface area contributed by atoms with E-state index in [0.29, 0.717) is 36.8 Å². The Labute approximate surface area is 146 Å². The summed E-state index contributed by atoms with van der Waals surface area (Å²) in [5.74, 6) is 1.06. The van der Waals surface area contributed by atoms with Crippen molar-refractivity contribution < 1.29 is 19.0 Å². The fraction of sp³-hybridized carbons (Fsp3) is 0.412. The topological polar surface area (TPSA) is 60.9 Å². The van der Waals surface area contributed by atoms with Crippen LogP contribution in [0.1, 0.15) is 22.5 Å². The molecule has 24 heavy (non-hydrogen) atoms. The van der Waals surface area contributed by atoms with Gasteiger partial charge in [0.15, 0.2) is 11.5 Å². The van der Waals surface area contributed by atoms with E-state index in [1.54, 1.807) is 49.9 Å². The van der Waals surface area contributed by atoms with Crippen molar-refractivity contribution in [1.82, 2.24) is 9.88 Å². The van der Waals surface area contributed by atoms with Crippen molar-refractivity contribution in [3.8, 4) is 11.5 Å². The number of amides is 1. The zero-order valence-corrected chi connectivity index (χ0v) is 15.0. The van der Waals surface area contributed by atoms with Gasteiger partial charge in [-0.15, -0.1) is 11.3 Å². The third-order valence-electron chi connectivity index (χ3n) is 3.46. The van der Waals surface area contributed by atoms with Gasteiger partial charge < -0.3 is 19.1 Å². The van der Waals surface area contributed by atoms with Crippen molar-refractivity contribution in [2.24, 2.45) is 0 Å². The molecule has 1 aromatic carbocycles. The second-order valence-electron chi connectivity index (χ2n) is 5.21. The Bertz CT molecular complexity index is 646. The molecule has 0 unspecified atom stereocenters. The molecule has 0 aliphatic heterocycles. The second kappa shape index (κ2) is 9.24. The number of rotatable bonds is 9. The molecule has 1 amide bonds. The molecule has 0 saturated carbocycles. The zero-order chi connectivity index (χ0) is 17.4. The van der Waals surface area contributed by atoms with Gasteiger partial charge in [0.25, 0.3) is 5.91 Å². The highest BCUT2D eigenvalue weighted by molar-refractivity contribution is 7.07. The van der Waals surface area contributed by atoms with Crippen LogP contribution < -0.4 is 9.47 Å². The highest BCUT2D eigenvalue weighted by Crippen LogP contribution is 2.29. The molecule has 2 rings (SSSR count). The Morgan fingerprint density at radius 1 is 1.29 bits per heavy atom. The fourth-order valence-corrected chi connectivity index (χ4v) is 2.69. The monoisotopic (exact) mass is 350 g/mol. The predicted octanol–water partition coefficient (Wildman–Crippen LogP) is 2.84. The minimum Gasteiger partial charge on any atom is -0.493 e. The number of hydrogen-bond donors (Lipinski definition) is 0. The van der Waals surface area contributed by atoms with E-state index in [4.69, 9.17) is 14.2 Å². The highest BCUT2D eigenvalue weighted by Gasteiger charge is 2.15. The molecule has 0 atom stereocenters. The summed E-state index contributed by atoms with van der Waals surface area (Å²) < 4.78 is 16.1. The smallest absolute Gasteiger partial charge is 0.253 e. The first-order valence-electron chi connectivity index (χ1n) is 7.58. The Hall–Kier alpha value is -2.12. The van der Waals surface area contributed by atoms with Gasteiger partial charge in [-0.25, -0.2) is 4.98 Å². The van der Waals surface area contributed by atoms with Gasteiger partial charge in [-0.3, -0.25) is 4.79 Å². The maximum atomic E-state index is 12.4. The van der Waals surface area contributed by atoms with Crippen LogP contribution in [-0.4, -0.2) is 50.2 Å². The average molecular weight is 350 g/mol. The summed E-state index contributed by atoms with van der Waals surface area (Å²) in [6.07, 6.45) is 0.796. The van der Waals surface area contributed by atoms with Crippen LogP contribution in [0.25, 0.3) is 0 Å². The van der Waals surface area contributed by atoms with Crippen LogP contribution in [0, 0.1) is 0 Å². The summed E-state index contributed by atoms with van der Waals surface area (Å²) in [7, 11) is 4.98. The van der Waals surface area contributed by atoms with Gasteiger partial charge in [0, 0.05) is 38.3 Å². The molecular formula is C17H22N2O4S. The van der Waals surface area contributed by atoms with Gasteiger partial charge >= 0.3 is 0 Å². The number of thiazole rings is 1. The molecule has 0 N–H and O–H groups in total. The molecule has 0 fully saturated rings. The van der Waals surface area contributed by atoms with Crippen molar-refractivity contribution in [1.29, 1.82) is 0 Å². The molecule has 0 aliphatic rings. The minimum atomic E-state index is -0.0598. The quantitative estimate of drug-likeness (QED) is 0.651. The van der Waals surface area contributed by atoms with Crippen LogP contribution in [0.15, 0.2) is 29.1 Å². The number of ether oxygens (including phenoxy) is 3. The molecule has 0 spiro atoms. The van der Waals surface area contributed by atoms with Crippen molar-refractivity contribution in [2.75, 3.05) is 34.4 Å². The SMILES string of the molecule is COCCCN(C)C(=O)c1ccc(OCc2cscn2)c(OC)c1. The molecule has 0 aliphatic carbocycles. The van der Waals surface area contributed by atoms with E-state index in [2.05, 4.69) is 4.98 Å². The lowest BCUT2D eigenvalue weighted by Crippen LogP contribution is -2.28. The van der Waals surface area contributed by atoms with E-state index in [1.165, 1.54) is 11.3 Å². The number of nitrogens with zero attached hydrogens (tertiary/aromatic N) is 2. The first kappa shape index (κ1) is 18.2. The second-order valence-corrected chi connectivity index (χ2v) is 5.93. The average Bonchev–Trinajstić information content (AvgIpc) is 3.12. The Balaban J connectivity index is 2.02. The maximum Gasteiger partial charge on any atom is 0.253 e. The van der Waals surface area contributed by atoms with Crippen LogP contribution >= 0.6 is 11.3 Å². The Morgan fingerprint density at radius 3 is 2.79 bits per heavy atom. The summed E-state index contributed by atoms with van der Waals surface area (Å²) >= 11 is 1.52. The van der Waals surface area contributed by atoms with Crippen molar-refractivity contribution in [3.63, 3.8) is 0 Å². The maximum absolute atomic E-state index is 12.4. The van der Waals surface area contributed by atoms with Crippen molar-refractivity contribution in [3.05, 3.63) is 40.3 Å². The third-order valence-corrected chi connectivity index (χ3v) is 4.09. The molecule has 130 valence electrons. The van der Waals surface area contributed by atoms with Crippen molar-refractivity contribution >= 4 is 17.2 Å². The molecule has 1 aromatic heterocycles. The Kier molecular flexibility index (Phi) is 7.02. The highest BCUT2D eigenvalue weighted by atomic mass is 32.1. The van der Waals surface area contributed by atoms with Crippen LogP contribution in [-0.2, 0) is 11.3 Å². The van der Waals surface area contributed by atoms with Gasteiger partial charge in [0.05, 0.1) is 18.3 Å². The number of aromatic nitrogens is 1. The molecule has 0 radical (unpaired) electrons. The van der Waals surface area contributed by atoms with Crippen LogP contribution in [0.2, 0.25) is 0 Å². The zero-order valence-electron chi connectivity index (χ0n) is 14.2. The summed E-state index contributed by atoms with van der Waals surface area (Å²) in [4.78, 5) is 18.3. The molecular weight excluding hydrogens is 328 g/mol. The molecule has 1 heterocycles. The van der Waals surface area contributed by atoms with Gasteiger partial charge in [0.1, 0.15) is 6.61 Å². The first-order valence-corrected chi connectivity index (χ1v) is 8.52. The van der Waals surface area contributed by atoms with E-state index in [0.717, 1.165) is 12.1 Å². The van der Waals surface area contributed by atoms with Crippen LogP contribution in [0.4, 0.5) is 0 Å². The number of methoxy groups -OCH3 is 2. The molecule has 0 bridgehead atoms. The van der Waals surface area contributed by atoms with Gasteiger partial charge in [-0.2, -0.15) is 0 Å². The first-order chi connectivity index (χ1) is 11.7. The summed E-state index contributed by atoms with van der Waals surface area (Å²) in [5.41, 5.74) is 3.18. The van der Waals surface area contributed by atoms with E-state index < -0.39 is 0 Å². The largest absolute Gasteiger partial charge is 0.493 e. The summed E-state index contributed by atoms with van der Waals surface area (Å²) in [5, 5.41) is 1.93. The van der Waals surface area contributed by atoms with Gasteiger partial charge in [-0.05, 0) is 24.6 Å². The lowest BCUT2D eigenvalue weighted by molar-refractivity contribution is 0.0779. The Morgan fingerprint density at radius 2 is 2.12 bits per heavy atom. The minimum absolute atomic E-state index is 0.0598. The number of hydrogen-bond acceptors (Lipinski definition) is 6. The van der Waals surface area contributed by atoms with E-state index in [9.17, 15) is 4.79 Å². The predicted molar refractivity (Wildman–Crippen MR) is 92.9 cm³/mol. The van der Waals surface area contributed by atoms with E-state index in [-0.39, 0.29) is 5.91 Å². The summed E-state index contributed by atoms with van der Waals surface area (Å²) in [6.45, 7) is 1.63. The number of carbonyl (C=O) groups excluding carboxylic acids is 1. The molecule has 7 heteroatoms. The van der Waals surface area contributed by atoms with Crippen molar-refractivity contribution in [2.45, 2.75) is 13.0 Å². The lowest BCUT2D eigenvalue weighted by atomic mass is 10.1. The molecule has 6 nitrogen and oxygen atoms in total. The number of benzene rings is 1. The standard InChI is InChI=1S/C17H22N2O4S/c1-19(7-4-8-21-2)17(20)13-5-6-15(16(9-13)22-3)23-10-14-11-24-12-18-14/h5-6,9,11-12H,4,7-8,10H2,1-3H3. The molecule has 2 aromatic rings. The normalized spacial score (nSPS) is 10.5. The van der Waals surface area contributed by atoms with Gasteiger partial charge in [0.2, 0.25) is 0 Å². The van der Waals surface area contributed by atoms with Crippen LogP contribution in [0.3, 0.4) is 0 Å². The third kappa shape index (κ3) is 4.94. The summed E-state index contributed by atoms with van der Waals surface area (Å²) in [6, 6.07) is 5.20. The van der Waals surface area contributed by atoms with E-state index in [1.807, 2.05) is 5.38 Å².